The summed E-state index contributed by atoms with van der Waals surface area (Å²) >= 11 is 1.50. The highest BCUT2D eigenvalue weighted by Crippen LogP contribution is 2.30. The molecule has 0 aromatic heterocycles. The lowest BCUT2D eigenvalue weighted by Crippen LogP contribution is -2.47. The van der Waals surface area contributed by atoms with Crippen LogP contribution in [-0.4, -0.2) is 36.1 Å². The monoisotopic (exact) mass is 404 g/mol. The van der Waals surface area contributed by atoms with Crippen molar-refractivity contribution in [2.75, 3.05) is 18.7 Å². The number of esters is 1. The standard InChI is InChI=1S/C21H25O4PS/c1-3-24-20(22)21(25-4-2,15-18-11-7-5-8-12-18)16-26(23)17-27-19-13-9-6-10-14-19/h5-14,16H,3-4,15,17H2,1-2H3. The van der Waals surface area contributed by atoms with E-state index in [1.54, 1.807) is 6.92 Å². The Kier molecular flexibility index (Phi) is 9.02. The van der Waals surface area contributed by atoms with Crippen LogP contribution in [0.3, 0.4) is 0 Å². The summed E-state index contributed by atoms with van der Waals surface area (Å²) in [6.45, 7) is 4.13. The van der Waals surface area contributed by atoms with Crippen LogP contribution in [0.4, 0.5) is 0 Å². The van der Waals surface area contributed by atoms with Crippen molar-refractivity contribution < 1.29 is 19.2 Å². The van der Waals surface area contributed by atoms with Gasteiger partial charge in [0.25, 0.3) is 0 Å². The summed E-state index contributed by atoms with van der Waals surface area (Å²) in [5.74, 6) is 1.04. The van der Waals surface area contributed by atoms with Gasteiger partial charge in [-0.2, -0.15) is 0 Å². The van der Waals surface area contributed by atoms with E-state index in [0.717, 1.165) is 10.5 Å². The van der Waals surface area contributed by atoms with Crippen molar-refractivity contribution in [2.24, 2.45) is 0 Å². The maximum atomic E-state index is 12.8. The second-order valence-electron chi connectivity index (χ2n) is 5.84. The summed E-state index contributed by atoms with van der Waals surface area (Å²) in [5, 5.41) is 0. The van der Waals surface area contributed by atoms with Gasteiger partial charge in [-0.15, -0.1) is 0 Å². The molecule has 0 amide bonds. The molecule has 4 nitrogen and oxygen atoms in total. The van der Waals surface area contributed by atoms with Crippen molar-refractivity contribution in [1.82, 2.24) is 0 Å². The van der Waals surface area contributed by atoms with Crippen molar-refractivity contribution in [1.29, 1.82) is 0 Å². The van der Waals surface area contributed by atoms with Crippen LogP contribution in [0, 0.1) is 0 Å². The molecule has 2 aromatic carbocycles. The topological polar surface area (TPSA) is 58.6 Å². The minimum Gasteiger partial charge on any atom is -0.630 e. The number of hydrogen-bond donors (Lipinski definition) is 0. The van der Waals surface area contributed by atoms with Crippen LogP contribution in [0.2, 0.25) is 0 Å². The van der Waals surface area contributed by atoms with Crippen LogP contribution >= 0.6 is 19.5 Å². The maximum Gasteiger partial charge on any atom is 0.346 e. The third-order valence-corrected chi connectivity index (χ3v) is 6.63. The largest absolute Gasteiger partial charge is 0.630 e. The molecule has 2 aromatic rings. The fraction of sp³-hybridized carbons (Fsp3) is 0.333. The van der Waals surface area contributed by atoms with Gasteiger partial charge in [-0.05, 0) is 31.5 Å². The predicted molar refractivity (Wildman–Crippen MR) is 111 cm³/mol. The molecule has 0 spiro atoms. The molecule has 0 saturated heterocycles. The molecule has 2 atom stereocenters. The first-order valence-electron chi connectivity index (χ1n) is 8.92. The predicted octanol–water partition coefficient (Wildman–Crippen LogP) is 3.88. The summed E-state index contributed by atoms with van der Waals surface area (Å²) in [6, 6.07) is 19.3. The van der Waals surface area contributed by atoms with E-state index in [2.05, 4.69) is 0 Å². The molecule has 0 aliphatic rings. The van der Waals surface area contributed by atoms with Crippen LogP contribution in [0.15, 0.2) is 65.6 Å². The summed E-state index contributed by atoms with van der Waals surface area (Å²) in [4.78, 5) is 26.6. The third-order valence-electron chi connectivity index (χ3n) is 3.79. The molecule has 0 saturated carbocycles. The second-order valence-corrected chi connectivity index (χ2v) is 8.72. The van der Waals surface area contributed by atoms with Gasteiger partial charge in [0.05, 0.1) is 14.4 Å². The highest BCUT2D eigenvalue weighted by Gasteiger charge is 2.42. The van der Waals surface area contributed by atoms with Crippen LogP contribution in [0.5, 0.6) is 0 Å². The van der Waals surface area contributed by atoms with Crippen molar-refractivity contribution in [3.05, 3.63) is 66.2 Å². The fourth-order valence-electron chi connectivity index (χ4n) is 2.65. The Morgan fingerprint density at radius 1 is 1.07 bits per heavy atom. The number of carbonyl (C=O) groups is 1. The Morgan fingerprint density at radius 2 is 1.70 bits per heavy atom. The van der Waals surface area contributed by atoms with Crippen LogP contribution in [0.1, 0.15) is 19.4 Å². The van der Waals surface area contributed by atoms with Crippen molar-refractivity contribution in [3.8, 4) is 0 Å². The zero-order chi connectivity index (χ0) is 19.5. The van der Waals surface area contributed by atoms with Crippen molar-refractivity contribution >= 4 is 31.3 Å². The van der Waals surface area contributed by atoms with Crippen molar-refractivity contribution in [2.45, 2.75) is 30.8 Å². The van der Waals surface area contributed by atoms with Gasteiger partial charge in [0.15, 0.2) is 5.49 Å². The molecule has 144 valence electrons. The second kappa shape index (κ2) is 11.3. The molecule has 27 heavy (non-hydrogen) atoms. The first-order chi connectivity index (χ1) is 13.1. The van der Waals surface area contributed by atoms with Gasteiger partial charge in [-0.1, -0.05) is 60.3 Å². The highest BCUT2D eigenvalue weighted by atomic mass is 32.2. The molecule has 0 aliphatic heterocycles. The number of hydrogen-bond acceptors (Lipinski definition) is 5. The number of benzene rings is 2. The minimum atomic E-state index is -1.78. The van der Waals surface area contributed by atoms with Gasteiger partial charge < -0.3 is 14.4 Å². The maximum absolute atomic E-state index is 12.8. The van der Waals surface area contributed by atoms with E-state index in [0.29, 0.717) is 12.1 Å². The lowest BCUT2D eigenvalue weighted by atomic mass is 9.96. The van der Waals surface area contributed by atoms with E-state index in [4.69, 9.17) is 9.47 Å². The zero-order valence-corrected chi connectivity index (χ0v) is 17.4. The molecule has 6 heteroatoms. The van der Waals surface area contributed by atoms with Crippen LogP contribution < -0.4 is 4.89 Å². The normalized spacial score (nSPS) is 13.8. The quantitative estimate of drug-likeness (QED) is 0.342. The van der Waals surface area contributed by atoms with Gasteiger partial charge in [-0.25, -0.2) is 4.79 Å². The first kappa shape index (κ1) is 21.6. The smallest absolute Gasteiger partial charge is 0.346 e. The number of ether oxygens (including phenoxy) is 2. The van der Waals surface area contributed by atoms with E-state index in [1.165, 1.54) is 17.6 Å². The Bertz CT molecular complexity index is 736. The van der Waals surface area contributed by atoms with Gasteiger partial charge in [0.1, 0.15) is 5.80 Å². The van der Waals surface area contributed by atoms with E-state index < -0.39 is 19.3 Å². The number of thioether (sulfide) groups is 1. The third kappa shape index (κ3) is 6.78. The molecule has 0 aliphatic carbocycles. The minimum absolute atomic E-state index is 0.242. The fourth-order valence-corrected chi connectivity index (χ4v) is 5.14. The van der Waals surface area contributed by atoms with E-state index in [1.807, 2.05) is 67.6 Å². The number of carbonyl (C=O) groups excluding carboxylic acids is 1. The Hall–Kier alpha value is -1.65. The molecule has 0 N–H and O–H groups in total. The number of rotatable bonds is 10. The van der Waals surface area contributed by atoms with Crippen molar-refractivity contribution in [3.63, 3.8) is 0 Å². The summed E-state index contributed by atoms with van der Waals surface area (Å²) in [6.07, 6.45) is 0.289. The van der Waals surface area contributed by atoms with E-state index in [9.17, 15) is 9.69 Å². The summed E-state index contributed by atoms with van der Waals surface area (Å²) in [5.41, 5.74) is -0.0477. The van der Waals surface area contributed by atoms with Gasteiger partial charge in [0, 0.05) is 17.9 Å². The van der Waals surface area contributed by atoms with Gasteiger partial charge in [-0.3, -0.25) is 0 Å². The van der Waals surface area contributed by atoms with E-state index in [-0.39, 0.29) is 13.0 Å². The highest BCUT2D eigenvalue weighted by molar-refractivity contribution is 8.04. The molecule has 0 bridgehead atoms. The van der Waals surface area contributed by atoms with E-state index >= 15 is 0 Å². The molecular weight excluding hydrogens is 379 g/mol. The summed E-state index contributed by atoms with van der Waals surface area (Å²) in [7, 11) is -1.78. The Morgan fingerprint density at radius 3 is 2.30 bits per heavy atom. The van der Waals surface area contributed by atoms with Crippen LogP contribution in [-0.2, 0) is 20.7 Å². The Labute approximate surface area is 166 Å². The molecule has 0 radical (unpaired) electrons. The molecular formula is C21H25O4PS. The molecule has 2 unspecified atom stereocenters. The molecule has 0 fully saturated rings. The molecule has 2 rings (SSSR count). The zero-order valence-electron chi connectivity index (χ0n) is 15.7. The lowest BCUT2D eigenvalue weighted by Gasteiger charge is -2.26. The lowest BCUT2D eigenvalue weighted by molar-refractivity contribution is -0.163. The Balaban J connectivity index is 2.26. The average molecular weight is 404 g/mol. The SMILES string of the molecule is CCOC(=O)C(C=[P+]([O-])CSc1ccccc1)(Cc1ccccc1)OCC. The van der Waals surface area contributed by atoms with Crippen LogP contribution in [0.25, 0.3) is 0 Å². The summed E-state index contributed by atoms with van der Waals surface area (Å²) < 4.78 is 11.1. The first-order valence-corrected chi connectivity index (χ1v) is 11.4. The van der Waals surface area contributed by atoms with Gasteiger partial charge in [0.2, 0.25) is 5.60 Å². The molecule has 0 heterocycles. The van der Waals surface area contributed by atoms with Gasteiger partial charge >= 0.3 is 5.97 Å². The average Bonchev–Trinajstić information content (AvgIpc) is 2.68.